The number of carbonyl (C=O) groups excluding carboxylic acids is 1. The van der Waals surface area contributed by atoms with Crippen LogP contribution in [0.4, 0.5) is 22.0 Å². The van der Waals surface area contributed by atoms with Crippen molar-refractivity contribution in [3.8, 4) is 17.3 Å². The molecule has 1 N–H and O–H groups in total. The number of carbonyl (C=O) groups is 1. The molecule has 1 aliphatic rings. The van der Waals surface area contributed by atoms with E-state index in [1.165, 1.54) is 29.8 Å². The first-order valence-electron chi connectivity index (χ1n) is 12.1. The van der Waals surface area contributed by atoms with Crippen LogP contribution < -0.4 is 10.1 Å². The molecular formula is C23H22F5N7O4S. The molecule has 214 valence electrons. The van der Waals surface area contributed by atoms with Crippen molar-refractivity contribution in [2.45, 2.75) is 43.3 Å². The minimum atomic E-state index is -5.84. The molecule has 1 amide bonds. The van der Waals surface area contributed by atoms with Crippen LogP contribution in [0.5, 0.6) is 5.88 Å². The third kappa shape index (κ3) is 4.82. The van der Waals surface area contributed by atoms with Gasteiger partial charge in [-0.2, -0.15) is 27.1 Å². The summed E-state index contributed by atoms with van der Waals surface area (Å²) in [7, 11) is -4.03. The lowest BCUT2D eigenvalue weighted by molar-refractivity contribution is -0.290. The van der Waals surface area contributed by atoms with Crippen molar-refractivity contribution in [2.75, 3.05) is 18.9 Å². The van der Waals surface area contributed by atoms with Gasteiger partial charge in [-0.3, -0.25) is 9.20 Å². The lowest BCUT2D eigenvalue weighted by atomic mass is 9.85. The Hall–Kier alpha value is -3.89. The van der Waals surface area contributed by atoms with Crippen LogP contribution in [-0.2, 0) is 9.84 Å². The third-order valence-electron chi connectivity index (χ3n) is 6.62. The fourth-order valence-corrected chi connectivity index (χ4v) is 5.09. The highest BCUT2D eigenvalue weighted by molar-refractivity contribution is 7.91. The number of nitrogens with zero attached hydrogens (tertiary/aromatic N) is 6. The van der Waals surface area contributed by atoms with Crippen molar-refractivity contribution in [3.63, 3.8) is 0 Å². The maximum Gasteiger partial charge on any atom is 0.456 e. The quantitative estimate of drug-likeness (QED) is 0.295. The zero-order valence-electron chi connectivity index (χ0n) is 20.8. The maximum atomic E-state index is 13.4. The number of hydrogen-bond acceptors (Lipinski definition) is 8. The Morgan fingerprint density at radius 1 is 1.15 bits per heavy atom. The monoisotopic (exact) mass is 587 g/mol. The molecule has 0 unspecified atom stereocenters. The Balaban J connectivity index is 1.61. The van der Waals surface area contributed by atoms with Crippen LogP contribution in [0.1, 0.15) is 36.7 Å². The number of halogens is 5. The smallest absolute Gasteiger partial charge is 0.456 e. The number of alkyl halides is 5. The van der Waals surface area contributed by atoms with Gasteiger partial charge in [0.1, 0.15) is 16.8 Å². The van der Waals surface area contributed by atoms with Crippen LogP contribution in [0.3, 0.4) is 0 Å². The number of amides is 1. The second-order valence-electron chi connectivity index (χ2n) is 9.22. The average molecular weight is 588 g/mol. The van der Waals surface area contributed by atoms with Gasteiger partial charge in [0.15, 0.2) is 32.9 Å². The van der Waals surface area contributed by atoms with E-state index in [1.807, 2.05) is 0 Å². The zero-order chi connectivity index (χ0) is 28.9. The molecule has 4 heterocycles. The second kappa shape index (κ2) is 9.94. The first-order valence-corrected chi connectivity index (χ1v) is 13.8. The van der Waals surface area contributed by atoms with Gasteiger partial charge in [0.25, 0.3) is 5.91 Å². The summed E-state index contributed by atoms with van der Waals surface area (Å²) in [4.78, 5) is 25.1. The molecule has 4 aromatic rings. The fourth-order valence-electron chi connectivity index (χ4n) is 4.11. The summed E-state index contributed by atoms with van der Waals surface area (Å²) >= 11 is 0. The van der Waals surface area contributed by atoms with Crippen molar-refractivity contribution >= 4 is 26.9 Å². The number of hydrogen-bond donors (Lipinski definition) is 1. The molecule has 1 fully saturated rings. The zero-order valence-corrected chi connectivity index (χ0v) is 21.6. The highest BCUT2D eigenvalue weighted by Crippen LogP contribution is 2.37. The Bertz CT molecular complexity index is 1700. The Morgan fingerprint density at radius 3 is 2.55 bits per heavy atom. The van der Waals surface area contributed by atoms with E-state index in [1.54, 1.807) is 0 Å². The van der Waals surface area contributed by atoms with Gasteiger partial charge in [-0.1, -0.05) is 13.3 Å². The number of rotatable bonds is 9. The molecule has 0 radical (unpaired) electrons. The Labute approximate surface area is 223 Å². The van der Waals surface area contributed by atoms with E-state index < -0.39 is 45.4 Å². The molecule has 4 aromatic heterocycles. The minimum absolute atomic E-state index is 0.0176. The molecule has 0 spiro atoms. The number of ether oxygens (including phenoxy) is 1. The van der Waals surface area contributed by atoms with Gasteiger partial charge in [-0.05, 0) is 24.8 Å². The van der Waals surface area contributed by atoms with Crippen LogP contribution in [0.15, 0.2) is 35.9 Å². The van der Waals surface area contributed by atoms with Crippen molar-refractivity contribution in [3.05, 3.63) is 36.5 Å². The van der Waals surface area contributed by atoms with E-state index in [0.717, 1.165) is 36.2 Å². The summed E-state index contributed by atoms with van der Waals surface area (Å²) in [5.74, 6) is -6.32. The molecule has 1 saturated carbocycles. The van der Waals surface area contributed by atoms with Gasteiger partial charge >= 0.3 is 12.1 Å². The lowest BCUT2D eigenvalue weighted by Gasteiger charge is -2.25. The normalized spacial score (nSPS) is 14.9. The number of nitrogens with one attached hydrogen (secondary N) is 1. The molecule has 5 rings (SSSR count). The number of imidazole rings is 1. The van der Waals surface area contributed by atoms with Gasteiger partial charge in [0.2, 0.25) is 5.88 Å². The molecule has 17 heteroatoms. The van der Waals surface area contributed by atoms with E-state index in [4.69, 9.17) is 4.74 Å². The topological polar surface area (TPSA) is 133 Å². The predicted molar refractivity (Wildman–Crippen MR) is 129 cm³/mol. The van der Waals surface area contributed by atoms with Crippen molar-refractivity contribution in [2.24, 2.45) is 5.92 Å². The molecule has 1 aliphatic carbocycles. The second-order valence-corrected chi connectivity index (χ2v) is 11.4. The first-order chi connectivity index (χ1) is 18.8. The molecule has 0 bridgehead atoms. The molecule has 0 aromatic carbocycles. The highest BCUT2D eigenvalue weighted by Gasteiger charge is 2.58. The maximum absolute atomic E-state index is 13.4. The van der Waals surface area contributed by atoms with Crippen molar-refractivity contribution in [1.29, 1.82) is 0 Å². The Morgan fingerprint density at radius 2 is 1.90 bits per heavy atom. The molecule has 0 saturated heterocycles. The number of fused-ring (bicyclic) bond motifs is 2. The SMILES string of the molecule is CCS(=O)(=O)c1nn2c(C(=O)NCC3CCC3)ccnc2c1-c1ncc2c(OCC(F)(F)C(F)(F)F)nccn12. The van der Waals surface area contributed by atoms with Crippen LogP contribution in [0.2, 0.25) is 0 Å². The van der Waals surface area contributed by atoms with Gasteiger partial charge in [-0.25, -0.2) is 27.9 Å². The fraction of sp³-hybridized carbons (Fsp3) is 0.435. The average Bonchev–Trinajstić information content (AvgIpc) is 3.47. The first kappa shape index (κ1) is 27.7. The van der Waals surface area contributed by atoms with Gasteiger partial charge in [0.05, 0.1) is 11.9 Å². The van der Waals surface area contributed by atoms with Crippen LogP contribution >= 0.6 is 0 Å². The number of sulfone groups is 1. The third-order valence-corrected chi connectivity index (χ3v) is 8.26. The Kier molecular flexibility index (Phi) is 6.87. The van der Waals surface area contributed by atoms with Crippen molar-refractivity contribution in [1.82, 2.24) is 34.3 Å². The van der Waals surface area contributed by atoms with E-state index in [-0.39, 0.29) is 34.0 Å². The van der Waals surface area contributed by atoms with Crippen molar-refractivity contribution < 1.29 is 39.9 Å². The minimum Gasteiger partial charge on any atom is -0.469 e. The predicted octanol–water partition coefficient (Wildman–Crippen LogP) is 3.34. The van der Waals surface area contributed by atoms with Gasteiger partial charge < -0.3 is 10.1 Å². The lowest BCUT2D eigenvalue weighted by Crippen LogP contribution is -2.41. The van der Waals surface area contributed by atoms with Crippen LogP contribution in [-0.4, -0.2) is 74.3 Å². The largest absolute Gasteiger partial charge is 0.469 e. The summed E-state index contributed by atoms with van der Waals surface area (Å²) in [6, 6.07) is 1.38. The molecule has 11 nitrogen and oxygen atoms in total. The highest BCUT2D eigenvalue weighted by atomic mass is 32.2. The van der Waals surface area contributed by atoms with Crippen LogP contribution in [0, 0.1) is 5.92 Å². The molecule has 0 atom stereocenters. The summed E-state index contributed by atoms with van der Waals surface area (Å²) in [5, 5.41) is 6.57. The van der Waals surface area contributed by atoms with Crippen LogP contribution in [0.25, 0.3) is 22.6 Å². The molecule has 0 aliphatic heterocycles. The van der Waals surface area contributed by atoms with Gasteiger partial charge in [-0.15, -0.1) is 0 Å². The van der Waals surface area contributed by atoms with E-state index in [0.29, 0.717) is 12.5 Å². The molecular weight excluding hydrogens is 565 g/mol. The van der Waals surface area contributed by atoms with E-state index in [9.17, 15) is 35.2 Å². The summed E-state index contributed by atoms with van der Waals surface area (Å²) in [5.41, 5.74) is -0.250. The molecule has 40 heavy (non-hydrogen) atoms. The summed E-state index contributed by atoms with van der Waals surface area (Å²) < 4.78 is 97.8. The standard InChI is InChI=1S/C23H22F5N7O4S/c1-2-40(37,38)21-16(18-29-7-6-14(35(18)33-21)19(36)32-10-13-4-3-5-13)17-31-11-15-20(30-8-9-34(15)17)39-12-22(24,25)23(26,27)28/h6-9,11,13H,2-5,10,12H2,1H3,(H,32,36). The van der Waals surface area contributed by atoms with E-state index >= 15 is 0 Å². The summed E-state index contributed by atoms with van der Waals surface area (Å²) in [6.45, 7) is -0.190. The summed E-state index contributed by atoms with van der Waals surface area (Å²) in [6.07, 6.45) is 1.97. The van der Waals surface area contributed by atoms with Gasteiger partial charge in [0, 0.05) is 25.1 Å². The van der Waals surface area contributed by atoms with E-state index in [2.05, 4.69) is 25.4 Å². The number of aromatic nitrogens is 6.